The molecule has 3 aromatic rings. The van der Waals surface area contributed by atoms with Crippen molar-refractivity contribution in [3.05, 3.63) is 57.3 Å². The third-order valence-corrected chi connectivity index (χ3v) is 4.35. The highest BCUT2D eigenvalue weighted by Gasteiger charge is 2.24. The van der Waals surface area contributed by atoms with Gasteiger partial charge >= 0.3 is 0 Å². The summed E-state index contributed by atoms with van der Waals surface area (Å²) < 4.78 is 6.62. The molecule has 0 radical (unpaired) electrons. The van der Waals surface area contributed by atoms with Crippen molar-refractivity contribution in [2.75, 3.05) is 11.4 Å². The lowest BCUT2D eigenvalue weighted by atomic mass is 10.1. The van der Waals surface area contributed by atoms with Crippen LogP contribution < -0.4 is 4.90 Å². The van der Waals surface area contributed by atoms with E-state index < -0.39 is 0 Å². The Morgan fingerprint density at radius 2 is 2.13 bits per heavy atom. The van der Waals surface area contributed by atoms with Crippen LogP contribution in [0.3, 0.4) is 0 Å². The maximum atomic E-state index is 12.9. The number of hydrogen-bond acceptors (Lipinski definition) is 3. The van der Waals surface area contributed by atoms with E-state index in [1.807, 2.05) is 19.9 Å². The van der Waals surface area contributed by atoms with Gasteiger partial charge in [0.2, 0.25) is 0 Å². The van der Waals surface area contributed by atoms with E-state index in [0.717, 1.165) is 15.4 Å². The topological polar surface area (TPSA) is 46.3 Å². The molecule has 0 unspecified atom stereocenters. The summed E-state index contributed by atoms with van der Waals surface area (Å²) in [6.07, 6.45) is 1.66. The van der Waals surface area contributed by atoms with E-state index >= 15 is 0 Å². The highest BCUT2D eigenvalue weighted by atomic mass is 79.9. The monoisotopic (exact) mass is 392 g/mol. The Balaban J connectivity index is 2.04. The first kappa shape index (κ1) is 16.0. The number of hydrogen-bond donors (Lipinski definition) is 0. The third-order valence-electron chi connectivity index (χ3n) is 3.64. The zero-order valence-electron chi connectivity index (χ0n) is 12.6. The van der Waals surface area contributed by atoms with E-state index in [9.17, 15) is 4.79 Å². The van der Waals surface area contributed by atoms with Crippen LogP contribution in [0.5, 0.6) is 0 Å². The van der Waals surface area contributed by atoms with Crippen molar-refractivity contribution in [1.29, 1.82) is 0 Å². The van der Waals surface area contributed by atoms with Gasteiger partial charge in [-0.15, -0.1) is 0 Å². The number of fused-ring (bicyclic) bond motifs is 1. The molecule has 2 heterocycles. The third kappa shape index (κ3) is 2.99. The van der Waals surface area contributed by atoms with Crippen molar-refractivity contribution in [2.45, 2.75) is 13.8 Å². The van der Waals surface area contributed by atoms with Crippen LogP contribution in [-0.2, 0) is 0 Å². The minimum absolute atomic E-state index is 0.216. The molecule has 23 heavy (non-hydrogen) atoms. The number of rotatable bonds is 3. The lowest BCUT2D eigenvalue weighted by molar-refractivity contribution is 0.0962. The average molecular weight is 394 g/mol. The second-order valence-electron chi connectivity index (χ2n) is 5.08. The molecule has 0 saturated heterocycles. The number of aryl methyl sites for hydroxylation is 1. The van der Waals surface area contributed by atoms with Crippen molar-refractivity contribution < 1.29 is 9.21 Å². The zero-order chi connectivity index (χ0) is 16.6. The van der Waals surface area contributed by atoms with Gasteiger partial charge in [-0.05, 0) is 60.1 Å². The van der Waals surface area contributed by atoms with Gasteiger partial charge in [-0.2, -0.15) is 0 Å². The van der Waals surface area contributed by atoms with Crippen LogP contribution in [0.25, 0.3) is 11.0 Å². The van der Waals surface area contributed by atoms with Gasteiger partial charge in [0, 0.05) is 33.2 Å². The van der Waals surface area contributed by atoms with Crippen LogP contribution in [0.4, 0.5) is 5.82 Å². The molecule has 0 N–H and O–H groups in total. The maximum absolute atomic E-state index is 12.9. The van der Waals surface area contributed by atoms with Gasteiger partial charge in [0.15, 0.2) is 5.76 Å². The number of anilines is 1. The smallest absolute Gasteiger partial charge is 0.295 e. The standard InChI is InChI=1S/C17H14BrClN2O2/c1-3-21(15-7-4-11(18)9-20-15)17(22)16-10(2)13-8-12(19)5-6-14(13)23-16/h4-9H,3H2,1-2H3. The predicted molar refractivity (Wildman–Crippen MR) is 95.2 cm³/mol. The number of carbonyl (C=O) groups is 1. The highest BCUT2D eigenvalue weighted by molar-refractivity contribution is 9.10. The number of carbonyl (C=O) groups excluding carboxylic acids is 1. The Bertz CT molecular complexity index is 874. The van der Waals surface area contributed by atoms with Gasteiger partial charge in [-0.3, -0.25) is 9.69 Å². The molecule has 1 aromatic carbocycles. The molecule has 1 amide bonds. The van der Waals surface area contributed by atoms with Crippen LogP contribution in [0.1, 0.15) is 23.0 Å². The second-order valence-corrected chi connectivity index (χ2v) is 6.43. The van der Waals surface area contributed by atoms with Gasteiger partial charge in [-0.1, -0.05) is 11.6 Å². The summed E-state index contributed by atoms with van der Waals surface area (Å²) in [6, 6.07) is 8.97. The van der Waals surface area contributed by atoms with Gasteiger partial charge in [0.25, 0.3) is 5.91 Å². The lowest BCUT2D eigenvalue weighted by Gasteiger charge is -2.18. The molecular weight excluding hydrogens is 380 g/mol. The number of nitrogens with zero attached hydrogens (tertiary/aromatic N) is 2. The molecule has 0 aliphatic carbocycles. The molecule has 0 aliphatic heterocycles. The van der Waals surface area contributed by atoms with Crippen molar-refractivity contribution in [3.63, 3.8) is 0 Å². The first-order chi connectivity index (χ1) is 11.0. The van der Waals surface area contributed by atoms with E-state index in [1.54, 1.807) is 35.4 Å². The second kappa shape index (κ2) is 6.34. The maximum Gasteiger partial charge on any atom is 0.295 e. The van der Waals surface area contributed by atoms with E-state index in [2.05, 4.69) is 20.9 Å². The Labute approximate surface area is 147 Å². The zero-order valence-corrected chi connectivity index (χ0v) is 15.0. The number of aromatic nitrogens is 1. The van der Waals surface area contributed by atoms with Crippen molar-refractivity contribution in [3.8, 4) is 0 Å². The fourth-order valence-electron chi connectivity index (χ4n) is 2.46. The van der Waals surface area contributed by atoms with Gasteiger partial charge < -0.3 is 4.42 Å². The summed E-state index contributed by atoms with van der Waals surface area (Å²) in [7, 11) is 0. The molecular formula is C17H14BrClN2O2. The van der Waals surface area contributed by atoms with E-state index in [0.29, 0.717) is 28.7 Å². The minimum atomic E-state index is -0.216. The van der Waals surface area contributed by atoms with E-state index in [4.69, 9.17) is 16.0 Å². The Kier molecular flexibility index (Phi) is 4.41. The largest absolute Gasteiger partial charge is 0.451 e. The Morgan fingerprint density at radius 3 is 2.78 bits per heavy atom. The number of amides is 1. The summed E-state index contributed by atoms with van der Waals surface area (Å²) in [6.45, 7) is 4.25. The lowest BCUT2D eigenvalue weighted by Crippen LogP contribution is -2.31. The summed E-state index contributed by atoms with van der Waals surface area (Å²) in [5.74, 6) is 0.680. The van der Waals surface area contributed by atoms with Gasteiger partial charge in [0.05, 0.1) is 0 Å². The summed E-state index contributed by atoms with van der Waals surface area (Å²) in [4.78, 5) is 18.8. The Hall–Kier alpha value is -1.85. The first-order valence-electron chi connectivity index (χ1n) is 7.13. The average Bonchev–Trinajstić information content (AvgIpc) is 2.86. The molecule has 4 nitrogen and oxygen atoms in total. The number of halogens is 2. The quantitative estimate of drug-likeness (QED) is 0.613. The Morgan fingerprint density at radius 1 is 1.35 bits per heavy atom. The van der Waals surface area contributed by atoms with E-state index in [-0.39, 0.29) is 5.91 Å². The van der Waals surface area contributed by atoms with Gasteiger partial charge in [0.1, 0.15) is 11.4 Å². The van der Waals surface area contributed by atoms with Crippen molar-refractivity contribution >= 4 is 50.2 Å². The number of furan rings is 1. The molecule has 118 valence electrons. The minimum Gasteiger partial charge on any atom is -0.451 e. The molecule has 0 atom stereocenters. The number of pyridine rings is 1. The summed E-state index contributed by atoms with van der Waals surface area (Å²) >= 11 is 9.37. The molecule has 0 aliphatic rings. The fraction of sp³-hybridized carbons (Fsp3) is 0.176. The molecule has 0 spiro atoms. The normalized spacial score (nSPS) is 11.0. The van der Waals surface area contributed by atoms with Crippen molar-refractivity contribution in [2.24, 2.45) is 0 Å². The number of benzene rings is 1. The van der Waals surface area contributed by atoms with Gasteiger partial charge in [-0.25, -0.2) is 4.98 Å². The summed E-state index contributed by atoms with van der Waals surface area (Å²) in [5.41, 5.74) is 1.43. The highest BCUT2D eigenvalue weighted by Crippen LogP contribution is 2.29. The van der Waals surface area contributed by atoms with Crippen LogP contribution in [0, 0.1) is 6.92 Å². The van der Waals surface area contributed by atoms with Crippen molar-refractivity contribution in [1.82, 2.24) is 4.98 Å². The predicted octanol–water partition coefficient (Wildman–Crippen LogP) is 5.22. The van der Waals surface area contributed by atoms with Crippen LogP contribution in [-0.4, -0.2) is 17.4 Å². The first-order valence-corrected chi connectivity index (χ1v) is 8.30. The molecule has 0 bridgehead atoms. The molecule has 2 aromatic heterocycles. The van der Waals surface area contributed by atoms with E-state index in [1.165, 1.54) is 0 Å². The molecule has 3 rings (SSSR count). The molecule has 6 heteroatoms. The summed E-state index contributed by atoms with van der Waals surface area (Å²) in [5, 5.41) is 1.46. The SMILES string of the molecule is CCN(C(=O)c1oc2ccc(Cl)cc2c1C)c1ccc(Br)cn1. The van der Waals surface area contributed by atoms with Crippen LogP contribution >= 0.6 is 27.5 Å². The van der Waals surface area contributed by atoms with Crippen LogP contribution in [0.2, 0.25) is 5.02 Å². The fourth-order valence-corrected chi connectivity index (χ4v) is 2.86. The van der Waals surface area contributed by atoms with Crippen LogP contribution in [0.15, 0.2) is 45.4 Å². The molecule has 0 fully saturated rings. The molecule has 0 saturated carbocycles.